The minimum absolute atomic E-state index is 0.889. The molecule has 0 saturated heterocycles. The van der Waals surface area contributed by atoms with Gasteiger partial charge in [-0.1, -0.05) is 29.8 Å². The third kappa shape index (κ3) is 2.58. The van der Waals surface area contributed by atoms with Crippen molar-refractivity contribution in [1.82, 2.24) is 4.90 Å². The number of hydrogen-bond acceptors (Lipinski definition) is 1. The van der Waals surface area contributed by atoms with Crippen molar-refractivity contribution < 1.29 is 0 Å². The van der Waals surface area contributed by atoms with Gasteiger partial charge in [0.25, 0.3) is 0 Å². The van der Waals surface area contributed by atoms with E-state index in [2.05, 4.69) is 43.1 Å². The van der Waals surface area contributed by atoms with Crippen molar-refractivity contribution in [3.8, 4) is 0 Å². The Hall–Kier alpha value is -0.820. The van der Waals surface area contributed by atoms with Gasteiger partial charge in [-0.2, -0.15) is 0 Å². The van der Waals surface area contributed by atoms with Crippen molar-refractivity contribution >= 4 is 0 Å². The van der Waals surface area contributed by atoms with Crippen LogP contribution in [0.4, 0.5) is 0 Å². The minimum Gasteiger partial charge on any atom is -0.303 e. The van der Waals surface area contributed by atoms with Crippen molar-refractivity contribution in [3.63, 3.8) is 0 Å². The zero-order valence-electron chi connectivity index (χ0n) is 9.16. The van der Waals surface area contributed by atoms with Crippen LogP contribution in [-0.2, 0) is 6.42 Å². The molecule has 1 aromatic carbocycles. The van der Waals surface area contributed by atoms with E-state index in [1.54, 1.807) is 0 Å². The third-order valence-electron chi connectivity index (χ3n) is 3.04. The number of nitrogens with zero attached hydrogens (tertiary/aromatic N) is 1. The Morgan fingerprint density at radius 1 is 1.21 bits per heavy atom. The lowest BCUT2D eigenvalue weighted by Gasteiger charge is -2.15. The van der Waals surface area contributed by atoms with E-state index < -0.39 is 0 Å². The van der Waals surface area contributed by atoms with Gasteiger partial charge >= 0.3 is 0 Å². The van der Waals surface area contributed by atoms with E-state index in [1.807, 2.05) is 0 Å². The molecule has 1 fully saturated rings. The Labute approximate surface area is 86.7 Å². The van der Waals surface area contributed by atoms with Crippen molar-refractivity contribution in [1.29, 1.82) is 0 Å². The average Bonchev–Trinajstić information content (AvgIpc) is 3.00. The number of benzene rings is 1. The summed E-state index contributed by atoms with van der Waals surface area (Å²) in [6.07, 6.45) is 4.00. The van der Waals surface area contributed by atoms with E-state index in [1.165, 1.54) is 36.9 Å². The second-order valence-corrected chi connectivity index (χ2v) is 4.45. The summed E-state index contributed by atoms with van der Waals surface area (Å²) in [6.45, 7) is 3.34. The summed E-state index contributed by atoms with van der Waals surface area (Å²) < 4.78 is 0. The molecule has 0 bridgehead atoms. The molecule has 0 spiro atoms. The van der Waals surface area contributed by atoms with Gasteiger partial charge < -0.3 is 4.90 Å². The first-order chi connectivity index (χ1) is 6.75. The van der Waals surface area contributed by atoms with E-state index in [4.69, 9.17) is 0 Å². The Bertz CT molecular complexity index is 285. The molecule has 14 heavy (non-hydrogen) atoms. The number of likely N-dealkylation sites (N-methyl/N-ethyl adjacent to an activating group) is 1. The molecule has 0 unspecified atom stereocenters. The highest BCUT2D eigenvalue weighted by atomic mass is 15.1. The summed E-state index contributed by atoms with van der Waals surface area (Å²) in [6, 6.07) is 9.78. The predicted octanol–water partition coefficient (Wildman–Crippen LogP) is 2.63. The lowest BCUT2D eigenvalue weighted by Crippen LogP contribution is -2.23. The summed E-state index contributed by atoms with van der Waals surface area (Å²) in [5, 5.41) is 0. The highest BCUT2D eigenvalue weighted by molar-refractivity contribution is 5.21. The van der Waals surface area contributed by atoms with Crippen LogP contribution in [0.5, 0.6) is 0 Å². The fourth-order valence-corrected chi connectivity index (χ4v) is 1.76. The Morgan fingerprint density at radius 3 is 2.43 bits per heavy atom. The van der Waals surface area contributed by atoms with Gasteiger partial charge in [-0.25, -0.2) is 0 Å². The first kappa shape index (κ1) is 9.72. The van der Waals surface area contributed by atoms with Crippen LogP contribution in [0.3, 0.4) is 0 Å². The average molecular weight is 189 g/mol. The topological polar surface area (TPSA) is 3.24 Å². The van der Waals surface area contributed by atoms with Crippen molar-refractivity contribution in [3.05, 3.63) is 35.4 Å². The fraction of sp³-hybridized carbons (Fsp3) is 0.538. The van der Waals surface area contributed by atoms with E-state index in [-0.39, 0.29) is 0 Å². The fourth-order valence-electron chi connectivity index (χ4n) is 1.76. The largest absolute Gasteiger partial charge is 0.303 e. The van der Waals surface area contributed by atoms with Gasteiger partial charge in [0.2, 0.25) is 0 Å². The molecule has 0 aliphatic heterocycles. The van der Waals surface area contributed by atoms with Crippen LogP contribution >= 0.6 is 0 Å². The molecule has 76 valence electrons. The van der Waals surface area contributed by atoms with Crippen molar-refractivity contribution in [2.24, 2.45) is 0 Å². The molecule has 0 heterocycles. The summed E-state index contributed by atoms with van der Waals surface area (Å²) >= 11 is 0. The Balaban J connectivity index is 1.82. The van der Waals surface area contributed by atoms with E-state index in [0.29, 0.717) is 0 Å². The zero-order chi connectivity index (χ0) is 9.97. The summed E-state index contributed by atoms with van der Waals surface area (Å²) in [4.78, 5) is 2.49. The van der Waals surface area contributed by atoms with Crippen molar-refractivity contribution in [2.75, 3.05) is 13.6 Å². The monoisotopic (exact) mass is 189 g/mol. The van der Waals surface area contributed by atoms with Crippen LogP contribution in [0.1, 0.15) is 24.0 Å². The number of rotatable bonds is 4. The maximum Gasteiger partial charge on any atom is 0.00935 e. The molecular weight excluding hydrogens is 170 g/mol. The zero-order valence-corrected chi connectivity index (χ0v) is 9.16. The second kappa shape index (κ2) is 4.14. The SMILES string of the molecule is Cc1ccc(CCN(C)C2CC2)cc1. The highest BCUT2D eigenvalue weighted by Crippen LogP contribution is 2.25. The smallest absolute Gasteiger partial charge is 0.00935 e. The quantitative estimate of drug-likeness (QED) is 0.704. The van der Waals surface area contributed by atoms with Gasteiger partial charge in [-0.15, -0.1) is 0 Å². The molecule has 1 aromatic rings. The van der Waals surface area contributed by atoms with Crippen LogP contribution < -0.4 is 0 Å². The van der Waals surface area contributed by atoms with Gasteiger partial charge in [0, 0.05) is 12.6 Å². The number of aryl methyl sites for hydroxylation is 1. The summed E-state index contributed by atoms with van der Waals surface area (Å²) in [5.41, 5.74) is 2.81. The van der Waals surface area contributed by atoms with Crippen LogP contribution in [0, 0.1) is 6.92 Å². The van der Waals surface area contributed by atoms with E-state index in [0.717, 1.165) is 6.04 Å². The first-order valence-electron chi connectivity index (χ1n) is 5.51. The molecule has 0 aromatic heterocycles. The predicted molar refractivity (Wildman–Crippen MR) is 60.5 cm³/mol. The lowest BCUT2D eigenvalue weighted by molar-refractivity contribution is 0.328. The number of hydrogen-bond donors (Lipinski definition) is 0. The van der Waals surface area contributed by atoms with Gasteiger partial charge in [0.05, 0.1) is 0 Å². The van der Waals surface area contributed by atoms with Crippen LogP contribution in [0.15, 0.2) is 24.3 Å². The highest BCUT2D eigenvalue weighted by Gasteiger charge is 2.25. The molecule has 2 rings (SSSR count). The molecule has 1 aliphatic carbocycles. The molecule has 0 amide bonds. The van der Waals surface area contributed by atoms with Gasteiger partial charge in [-0.05, 0) is 38.8 Å². The standard InChI is InChI=1S/C13H19N/c1-11-3-5-12(6-4-11)9-10-14(2)13-7-8-13/h3-6,13H,7-10H2,1-2H3. The third-order valence-corrected chi connectivity index (χ3v) is 3.04. The van der Waals surface area contributed by atoms with Gasteiger partial charge in [-0.3, -0.25) is 0 Å². The van der Waals surface area contributed by atoms with Crippen molar-refractivity contribution in [2.45, 2.75) is 32.2 Å². The summed E-state index contributed by atoms with van der Waals surface area (Å²) in [7, 11) is 2.24. The van der Waals surface area contributed by atoms with E-state index >= 15 is 0 Å². The normalized spacial score (nSPS) is 16.2. The van der Waals surface area contributed by atoms with Gasteiger partial charge in [0.15, 0.2) is 0 Å². The molecule has 1 saturated carbocycles. The molecule has 0 atom stereocenters. The maximum absolute atomic E-state index is 2.49. The second-order valence-electron chi connectivity index (χ2n) is 4.45. The first-order valence-corrected chi connectivity index (χ1v) is 5.51. The maximum atomic E-state index is 2.49. The Morgan fingerprint density at radius 2 is 1.86 bits per heavy atom. The molecule has 0 radical (unpaired) electrons. The minimum atomic E-state index is 0.889. The molecular formula is C13H19N. The summed E-state index contributed by atoms with van der Waals surface area (Å²) in [5.74, 6) is 0. The Kier molecular flexibility index (Phi) is 2.87. The molecule has 1 aliphatic rings. The molecule has 1 heteroatoms. The molecule has 0 N–H and O–H groups in total. The van der Waals surface area contributed by atoms with Crippen LogP contribution in [0.25, 0.3) is 0 Å². The van der Waals surface area contributed by atoms with Gasteiger partial charge in [0.1, 0.15) is 0 Å². The molecule has 1 nitrogen and oxygen atoms in total. The van der Waals surface area contributed by atoms with E-state index in [9.17, 15) is 0 Å². The van der Waals surface area contributed by atoms with Crippen LogP contribution in [-0.4, -0.2) is 24.5 Å². The van der Waals surface area contributed by atoms with Crippen LogP contribution in [0.2, 0.25) is 0 Å². The lowest BCUT2D eigenvalue weighted by atomic mass is 10.1.